The number of ether oxygens (including phenoxy) is 5. The average Bonchev–Trinajstić information content (AvgIpc) is 3.56. The molecule has 1 aromatic carbocycles. The fourth-order valence-electron chi connectivity index (χ4n) is 5.85. The predicted octanol–water partition coefficient (Wildman–Crippen LogP) is -0.668. The van der Waals surface area contributed by atoms with Crippen LogP contribution in [0.5, 0.6) is 0 Å². The van der Waals surface area contributed by atoms with Crippen molar-refractivity contribution in [3.05, 3.63) is 24.3 Å². The molecule has 0 aromatic heterocycles. The Balaban J connectivity index is 2.01. The molecule has 22 nitrogen and oxygen atoms in total. The molecule has 2 saturated heterocycles. The van der Waals surface area contributed by atoms with E-state index in [0.717, 1.165) is 46.6 Å². The number of hydrogen-bond acceptors (Lipinski definition) is 19. The molecule has 336 valence electrons. The first-order valence-electron chi connectivity index (χ1n) is 18.7. The summed E-state index contributed by atoms with van der Waals surface area (Å²) in [4.78, 5) is 118. The molecule has 0 aliphatic carbocycles. The highest BCUT2D eigenvalue weighted by Crippen LogP contribution is 2.36. The minimum atomic E-state index is -4.80. The lowest BCUT2D eigenvalue weighted by Crippen LogP contribution is -2.56. The largest absolute Gasteiger partial charge is 0.494 e. The van der Waals surface area contributed by atoms with Gasteiger partial charge in [-0.2, -0.15) is 4.31 Å². The SMILES string of the molecule is CC(=O)OC[C@H](OC(C)=O)[C@H](OC(C)=O)[C@@H](OC(C)=O)[C@@H](CN(C)C(=O)CN(CC(=O)ON1C(=O)CCC1=O)S(=O)(=O)c1ccc(B2OC(C)(C)C(C)(C)O2)cc1)OC(C)=O. The summed E-state index contributed by atoms with van der Waals surface area (Å²) in [5, 5.41) is 0.198. The topological polar surface area (TPSA) is 271 Å². The molecule has 1 aromatic rings. The zero-order valence-electron chi connectivity index (χ0n) is 35.4. The lowest BCUT2D eigenvalue weighted by molar-refractivity contribution is -0.203. The molecule has 3 amide bonds. The number of benzene rings is 1. The Labute approximate surface area is 352 Å². The van der Waals surface area contributed by atoms with Crippen molar-refractivity contribution in [2.24, 2.45) is 0 Å². The molecule has 3 rings (SSSR count). The average molecular weight is 884 g/mol. The summed E-state index contributed by atoms with van der Waals surface area (Å²) < 4.78 is 67.2. The fraction of sp³-hybridized carbons (Fsp3) is 0.595. The van der Waals surface area contributed by atoms with Gasteiger partial charge in [-0.05, 0) is 45.3 Å². The molecule has 0 spiro atoms. The van der Waals surface area contributed by atoms with Crippen LogP contribution in [0.1, 0.15) is 75.2 Å². The molecule has 2 fully saturated rings. The van der Waals surface area contributed by atoms with Crippen LogP contribution in [0.25, 0.3) is 0 Å². The zero-order valence-corrected chi connectivity index (χ0v) is 36.3. The number of carbonyl (C=O) groups is 9. The molecule has 0 bridgehead atoms. The van der Waals surface area contributed by atoms with Gasteiger partial charge in [0.1, 0.15) is 13.2 Å². The number of rotatable bonds is 19. The van der Waals surface area contributed by atoms with E-state index >= 15 is 0 Å². The Kier molecular flexibility index (Phi) is 16.7. The van der Waals surface area contributed by atoms with E-state index in [9.17, 15) is 51.6 Å². The van der Waals surface area contributed by atoms with Gasteiger partial charge in [0, 0.05) is 54.5 Å². The first-order valence-corrected chi connectivity index (χ1v) is 20.2. The van der Waals surface area contributed by atoms with Gasteiger partial charge in [-0.15, -0.1) is 5.06 Å². The minimum Gasteiger partial charge on any atom is -0.462 e. The number of esters is 5. The van der Waals surface area contributed by atoms with Gasteiger partial charge < -0.3 is 42.7 Å². The van der Waals surface area contributed by atoms with Crippen molar-refractivity contribution in [1.29, 1.82) is 0 Å². The monoisotopic (exact) mass is 883 g/mol. The Morgan fingerprint density at radius 2 is 1.18 bits per heavy atom. The maximum absolute atomic E-state index is 14.2. The summed E-state index contributed by atoms with van der Waals surface area (Å²) in [6, 6.07) is 5.18. The quantitative estimate of drug-likeness (QED) is 0.0721. The van der Waals surface area contributed by atoms with E-state index in [1.54, 1.807) is 0 Å². The van der Waals surface area contributed by atoms with Crippen LogP contribution in [-0.2, 0) is 91.0 Å². The smallest absolute Gasteiger partial charge is 0.462 e. The molecule has 2 aliphatic heterocycles. The van der Waals surface area contributed by atoms with Crippen molar-refractivity contribution in [2.45, 2.75) is 116 Å². The number of amides is 3. The summed E-state index contributed by atoms with van der Waals surface area (Å²) in [6.07, 6.45) is -7.62. The Morgan fingerprint density at radius 1 is 0.721 bits per heavy atom. The summed E-state index contributed by atoms with van der Waals surface area (Å²) >= 11 is 0. The molecule has 0 saturated carbocycles. The van der Waals surface area contributed by atoms with Crippen LogP contribution in [0.4, 0.5) is 0 Å². The second-order valence-corrected chi connectivity index (χ2v) is 16.9. The fourth-order valence-corrected chi connectivity index (χ4v) is 7.18. The second-order valence-electron chi connectivity index (χ2n) is 15.0. The molecular weight excluding hydrogens is 833 g/mol. The van der Waals surface area contributed by atoms with Crippen molar-refractivity contribution in [1.82, 2.24) is 14.3 Å². The highest BCUT2D eigenvalue weighted by atomic mass is 32.2. The molecule has 4 atom stereocenters. The number of hydrogen-bond donors (Lipinski definition) is 0. The maximum atomic E-state index is 14.2. The van der Waals surface area contributed by atoms with Crippen molar-refractivity contribution < 1.29 is 89.4 Å². The number of nitrogens with zero attached hydrogens (tertiary/aromatic N) is 3. The van der Waals surface area contributed by atoms with Gasteiger partial charge in [-0.1, -0.05) is 12.1 Å². The zero-order chi connectivity index (χ0) is 46.2. The summed E-state index contributed by atoms with van der Waals surface area (Å²) in [6.45, 7) is 8.39. The van der Waals surface area contributed by atoms with Crippen LogP contribution in [0.2, 0.25) is 0 Å². The van der Waals surface area contributed by atoms with E-state index in [1.807, 2.05) is 27.7 Å². The van der Waals surface area contributed by atoms with Gasteiger partial charge in [0.2, 0.25) is 15.9 Å². The highest BCUT2D eigenvalue weighted by molar-refractivity contribution is 7.89. The Bertz CT molecular complexity index is 1960. The second kappa shape index (κ2) is 20.4. The summed E-state index contributed by atoms with van der Waals surface area (Å²) in [7, 11) is -4.55. The molecule has 2 heterocycles. The summed E-state index contributed by atoms with van der Waals surface area (Å²) in [5.41, 5.74) is -0.988. The number of hydroxylamine groups is 2. The normalized spacial score (nSPS) is 17.8. The van der Waals surface area contributed by atoms with E-state index in [2.05, 4.69) is 0 Å². The van der Waals surface area contributed by atoms with Crippen molar-refractivity contribution in [3.63, 3.8) is 0 Å². The van der Waals surface area contributed by atoms with Gasteiger partial charge in [0.25, 0.3) is 11.8 Å². The van der Waals surface area contributed by atoms with Crippen LogP contribution in [0.3, 0.4) is 0 Å². The molecule has 0 N–H and O–H groups in total. The lowest BCUT2D eigenvalue weighted by Gasteiger charge is -2.36. The molecule has 24 heteroatoms. The standard InChI is InChI=1S/C37H50BN3O19S/c1-21(42)53-20-29(55-23(3)44)35(57-25(5)46)34(56-24(4)45)28(54-22(2)43)17-39(10)32(49)18-40(19-33(50)58-41-30(47)15-16-31(41)48)61(51,52)27-13-11-26(12-14-27)38-59-36(6,7)37(8,9)60-38/h11-14,28-29,34-35H,15-20H2,1-10H3/t28-,29+,34+,35+/m1/s1. The van der Waals surface area contributed by atoms with Crippen molar-refractivity contribution in [2.75, 3.05) is 33.3 Å². The van der Waals surface area contributed by atoms with E-state index < -0.39 is 137 Å². The Hall–Kier alpha value is -5.46. The van der Waals surface area contributed by atoms with E-state index in [1.165, 1.54) is 24.3 Å². The lowest BCUT2D eigenvalue weighted by atomic mass is 9.79. The van der Waals surface area contributed by atoms with Gasteiger partial charge in [-0.25, -0.2) is 13.2 Å². The van der Waals surface area contributed by atoms with E-state index in [-0.39, 0.29) is 17.9 Å². The highest BCUT2D eigenvalue weighted by Gasteiger charge is 2.52. The predicted molar refractivity (Wildman–Crippen MR) is 205 cm³/mol. The molecule has 0 radical (unpaired) electrons. The third-order valence-corrected chi connectivity index (χ3v) is 11.3. The van der Waals surface area contributed by atoms with Crippen LogP contribution in [-0.4, -0.2) is 152 Å². The van der Waals surface area contributed by atoms with Crippen LogP contribution in [0.15, 0.2) is 29.2 Å². The first kappa shape index (κ1) is 49.9. The van der Waals surface area contributed by atoms with Gasteiger partial charge >= 0.3 is 42.9 Å². The third-order valence-electron chi connectivity index (χ3n) is 9.49. The van der Waals surface area contributed by atoms with Gasteiger partial charge in [0.15, 0.2) is 24.4 Å². The van der Waals surface area contributed by atoms with Crippen molar-refractivity contribution in [3.8, 4) is 0 Å². The molecule has 2 aliphatic rings. The van der Waals surface area contributed by atoms with Gasteiger partial charge in [0.05, 0.1) is 29.2 Å². The number of imide groups is 1. The van der Waals surface area contributed by atoms with E-state index in [4.69, 9.17) is 37.8 Å². The van der Waals surface area contributed by atoms with Crippen LogP contribution < -0.4 is 5.46 Å². The van der Waals surface area contributed by atoms with Gasteiger partial charge in [-0.3, -0.25) is 38.4 Å². The van der Waals surface area contributed by atoms with Crippen LogP contribution in [0, 0.1) is 0 Å². The van der Waals surface area contributed by atoms with Crippen LogP contribution >= 0.6 is 0 Å². The summed E-state index contributed by atoms with van der Waals surface area (Å²) in [5.74, 6) is -9.01. The molecular formula is C37H50BN3O19S. The van der Waals surface area contributed by atoms with E-state index in [0.29, 0.717) is 9.77 Å². The number of likely N-dealkylation sites (N-methyl/N-ethyl adjacent to an activating group) is 1. The van der Waals surface area contributed by atoms with Crippen molar-refractivity contribution >= 4 is 76.1 Å². The Morgan fingerprint density at radius 3 is 1.64 bits per heavy atom. The molecule has 0 unspecified atom stereocenters. The first-order chi connectivity index (χ1) is 28.1. The third kappa shape index (κ3) is 13.5. The minimum absolute atomic E-state index is 0.198. The number of sulfonamides is 1. The maximum Gasteiger partial charge on any atom is 0.494 e. The molecule has 61 heavy (non-hydrogen) atoms. The number of carbonyl (C=O) groups excluding carboxylic acids is 9.